The van der Waals surface area contributed by atoms with Crippen molar-refractivity contribution in [2.75, 3.05) is 0 Å². The summed E-state index contributed by atoms with van der Waals surface area (Å²) in [5.74, 6) is 0.696. The molecule has 0 atom stereocenters. The summed E-state index contributed by atoms with van der Waals surface area (Å²) < 4.78 is 0. The number of benzene rings is 7. The Hall–Kier alpha value is -6.89. The molecule has 9 rings (SSSR count). The number of nitrogens with zero attached hydrogens (tertiary/aromatic N) is 3. The molecule has 51 heavy (non-hydrogen) atoms. The summed E-state index contributed by atoms with van der Waals surface area (Å²) in [6.45, 7) is 7.88. The Labute approximate surface area is 298 Å². The number of rotatable bonds is 6. The second-order valence-corrected chi connectivity index (χ2v) is 12.9. The molecule has 0 N–H and O–H groups in total. The average molecular weight is 650 g/mol. The zero-order valence-electron chi connectivity index (χ0n) is 27.7. The van der Waals surface area contributed by atoms with Gasteiger partial charge in [-0.05, 0) is 62.7 Å². The van der Waals surface area contributed by atoms with Crippen molar-refractivity contribution < 1.29 is 0 Å². The lowest BCUT2D eigenvalue weighted by atomic mass is 9.67. The van der Waals surface area contributed by atoms with E-state index in [0.717, 1.165) is 50.3 Å². The topological polar surface area (TPSA) is 30.1 Å². The predicted octanol–water partition coefficient (Wildman–Crippen LogP) is 12.1. The minimum Gasteiger partial charge on any atom is -0.238 e. The molecule has 1 heterocycles. The first-order valence-corrected chi connectivity index (χ1v) is 17.1. The van der Waals surface area contributed by atoms with Gasteiger partial charge in [-0.3, -0.25) is 0 Å². The normalized spacial score (nSPS) is 12.5. The van der Waals surface area contributed by atoms with Gasteiger partial charge in [0.05, 0.1) is 23.4 Å². The van der Waals surface area contributed by atoms with Gasteiger partial charge in [0, 0.05) is 16.7 Å². The van der Waals surface area contributed by atoms with E-state index in [0.29, 0.717) is 11.5 Å². The zero-order valence-corrected chi connectivity index (χ0v) is 27.7. The van der Waals surface area contributed by atoms with E-state index in [9.17, 15) is 0 Å². The highest BCUT2D eigenvalue weighted by Gasteiger charge is 2.46. The Kier molecular flexibility index (Phi) is 7.42. The maximum absolute atomic E-state index is 7.88. The van der Waals surface area contributed by atoms with Gasteiger partial charge in [-0.25, -0.2) is 14.8 Å². The van der Waals surface area contributed by atoms with Crippen molar-refractivity contribution in [3.8, 4) is 56.2 Å². The van der Waals surface area contributed by atoms with Crippen LogP contribution in [0.15, 0.2) is 188 Å². The quantitative estimate of drug-likeness (QED) is 0.168. The lowest BCUT2D eigenvalue weighted by Crippen LogP contribution is -2.28. The molecule has 0 bridgehead atoms. The predicted molar refractivity (Wildman–Crippen MR) is 207 cm³/mol. The molecular formula is C48H31N3. The van der Waals surface area contributed by atoms with Crippen LogP contribution >= 0.6 is 0 Å². The summed E-state index contributed by atoms with van der Waals surface area (Å²) in [4.78, 5) is 14.0. The minimum absolute atomic E-state index is 0.594. The summed E-state index contributed by atoms with van der Waals surface area (Å²) in [5.41, 5.74) is 14.1. The molecule has 7 aromatic carbocycles. The Morgan fingerprint density at radius 3 is 1.51 bits per heavy atom. The van der Waals surface area contributed by atoms with Crippen molar-refractivity contribution in [3.63, 3.8) is 0 Å². The van der Waals surface area contributed by atoms with Crippen LogP contribution in [0.2, 0.25) is 0 Å². The zero-order chi connectivity index (χ0) is 34.2. The molecule has 1 aromatic heterocycles. The Balaban J connectivity index is 1.23. The summed E-state index contributed by atoms with van der Waals surface area (Å²) in [7, 11) is 0. The van der Waals surface area contributed by atoms with Crippen LogP contribution in [0.5, 0.6) is 0 Å². The lowest BCUT2D eigenvalue weighted by molar-refractivity contribution is 0.769. The second kappa shape index (κ2) is 12.5. The highest BCUT2D eigenvalue weighted by Crippen LogP contribution is 2.57. The molecule has 1 aliphatic rings. The van der Waals surface area contributed by atoms with Gasteiger partial charge in [-0.2, -0.15) is 0 Å². The molecule has 0 aliphatic heterocycles. The number of hydrogen-bond donors (Lipinski definition) is 0. The minimum atomic E-state index is -0.594. The number of fused-ring (bicyclic) bond motifs is 3. The summed E-state index contributed by atoms with van der Waals surface area (Å²) in [6, 6.07) is 65.6. The highest BCUT2D eigenvalue weighted by molar-refractivity contribution is 5.90. The van der Waals surface area contributed by atoms with Crippen LogP contribution in [-0.2, 0) is 5.41 Å². The molecule has 0 amide bonds. The van der Waals surface area contributed by atoms with E-state index in [-0.39, 0.29) is 0 Å². The van der Waals surface area contributed by atoms with Crippen molar-refractivity contribution in [2.24, 2.45) is 0 Å². The third-order valence-electron chi connectivity index (χ3n) is 9.98. The van der Waals surface area contributed by atoms with E-state index >= 15 is 0 Å². The monoisotopic (exact) mass is 649 g/mol. The third kappa shape index (κ3) is 5.14. The Morgan fingerprint density at radius 2 is 0.882 bits per heavy atom. The number of hydrogen-bond acceptors (Lipinski definition) is 2. The van der Waals surface area contributed by atoms with Crippen LogP contribution in [0, 0.1) is 6.57 Å². The highest BCUT2D eigenvalue weighted by atomic mass is 14.9. The van der Waals surface area contributed by atoms with Gasteiger partial charge >= 0.3 is 0 Å². The van der Waals surface area contributed by atoms with Crippen molar-refractivity contribution in [1.29, 1.82) is 0 Å². The first-order valence-electron chi connectivity index (χ1n) is 17.1. The van der Waals surface area contributed by atoms with Gasteiger partial charge < -0.3 is 0 Å². The van der Waals surface area contributed by atoms with Crippen LogP contribution in [-0.4, -0.2) is 9.97 Å². The van der Waals surface area contributed by atoms with Crippen molar-refractivity contribution >= 4 is 5.69 Å². The molecule has 1 aliphatic carbocycles. The van der Waals surface area contributed by atoms with Crippen molar-refractivity contribution in [2.45, 2.75) is 5.41 Å². The fourth-order valence-electron chi connectivity index (χ4n) is 7.65. The third-order valence-corrected chi connectivity index (χ3v) is 9.98. The van der Waals surface area contributed by atoms with Gasteiger partial charge in [-0.1, -0.05) is 170 Å². The standard InChI is InChI=1S/C48H31N3/c1-49-40-26-28-42-41-27-25-36(30-43(41)48(44(42)31-40,38-21-10-4-11-22-38)39-23-12-5-13-24-39)35-19-14-20-37(29-35)46-32-45(33-15-6-2-7-16-33)50-47(51-46)34-17-8-3-9-18-34/h2-32H. The smallest absolute Gasteiger partial charge is 0.187 e. The van der Waals surface area contributed by atoms with E-state index in [1.54, 1.807) is 0 Å². The SMILES string of the molecule is [C-]#[N+]c1ccc2c(c1)C(c1ccccc1)(c1ccccc1)c1cc(-c3cccc(-c4cc(-c5ccccc5)nc(-c5ccccc5)n4)c3)ccc1-2. The molecule has 0 radical (unpaired) electrons. The molecule has 0 unspecified atom stereocenters. The maximum Gasteiger partial charge on any atom is 0.187 e. The summed E-state index contributed by atoms with van der Waals surface area (Å²) in [5, 5.41) is 0. The first-order chi connectivity index (χ1) is 25.2. The van der Waals surface area contributed by atoms with E-state index in [4.69, 9.17) is 16.5 Å². The van der Waals surface area contributed by atoms with Crippen LogP contribution in [0.1, 0.15) is 22.3 Å². The van der Waals surface area contributed by atoms with E-state index in [1.807, 2.05) is 42.5 Å². The maximum atomic E-state index is 7.88. The molecule has 0 fully saturated rings. The van der Waals surface area contributed by atoms with E-state index in [1.165, 1.54) is 22.3 Å². The van der Waals surface area contributed by atoms with Crippen molar-refractivity contribution in [1.82, 2.24) is 9.97 Å². The molecule has 238 valence electrons. The van der Waals surface area contributed by atoms with Crippen LogP contribution in [0.25, 0.3) is 61.0 Å². The lowest BCUT2D eigenvalue weighted by Gasteiger charge is -2.34. The van der Waals surface area contributed by atoms with Gasteiger partial charge in [0.2, 0.25) is 0 Å². The van der Waals surface area contributed by atoms with E-state index in [2.05, 4.69) is 150 Å². The second-order valence-electron chi connectivity index (χ2n) is 12.9. The van der Waals surface area contributed by atoms with E-state index < -0.39 is 5.41 Å². The van der Waals surface area contributed by atoms with Gasteiger partial charge in [0.1, 0.15) is 0 Å². The average Bonchev–Trinajstić information content (AvgIpc) is 3.51. The van der Waals surface area contributed by atoms with Gasteiger partial charge in [0.25, 0.3) is 0 Å². The van der Waals surface area contributed by atoms with Crippen LogP contribution in [0.4, 0.5) is 5.69 Å². The Morgan fingerprint density at radius 1 is 0.392 bits per heavy atom. The molecule has 8 aromatic rings. The number of aromatic nitrogens is 2. The molecule has 3 nitrogen and oxygen atoms in total. The molecule has 0 saturated heterocycles. The van der Waals surface area contributed by atoms with Crippen molar-refractivity contribution in [3.05, 3.63) is 222 Å². The fraction of sp³-hybridized carbons (Fsp3) is 0.0208. The fourth-order valence-corrected chi connectivity index (χ4v) is 7.65. The molecule has 0 saturated carbocycles. The van der Waals surface area contributed by atoms with Crippen LogP contribution < -0.4 is 0 Å². The summed E-state index contributed by atoms with van der Waals surface area (Å²) >= 11 is 0. The molecular weight excluding hydrogens is 619 g/mol. The largest absolute Gasteiger partial charge is 0.238 e. The van der Waals surface area contributed by atoms with Gasteiger partial charge in [-0.15, -0.1) is 0 Å². The Bertz CT molecular complexity index is 2470. The summed E-state index contributed by atoms with van der Waals surface area (Å²) in [6.07, 6.45) is 0. The van der Waals surface area contributed by atoms with Gasteiger partial charge in [0.15, 0.2) is 11.5 Å². The molecule has 3 heteroatoms. The first kappa shape index (κ1) is 30.2. The van der Waals surface area contributed by atoms with Crippen LogP contribution in [0.3, 0.4) is 0 Å². The molecule has 0 spiro atoms.